The number of alkyl carbamates (subject to hydrolysis) is 2. The molecule has 4 aliphatic heterocycles. The summed E-state index contributed by atoms with van der Waals surface area (Å²) in [5, 5.41) is 70.1. The molecule has 4 fully saturated rings. The van der Waals surface area contributed by atoms with Crippen LogP contribution in [0, 0.1) is 34.2 Å². The van der Waals surface area contributed by atoms with Crippen molar-refractivity contribution in [1.29, 1.82) is 0 Å². The van der Waals surface area contributed by atoms with Gasteiger partial charge in [0.25, 0.3) is 0 Å². The standard InChI is InChI=1S/C78H106IN9O28S3/c1-16-88(52(92)33-82-75(100)109-34-42-22-24-43(25-23-42)84-71(98)45(29-51(81)91)85-70(97)38(4)83-69(96)37(3)80)46-35-108-53(31-50(46)103-11)114-66-61(94)58(39(5)111-74(66)113-49-21-19-17-18-20-27-78(102)32-48(90)59(86-76(101)107-15)56(49)44(78)26-28-117-119-77(8,9)10)87-116-54-30-47(89)68(41(7)110-54)118-72(99)55-36(2)57(79)64(67(106-14)63(55)104-12)115-73-62(95)65(105-13)60(93)40(6)112-73/h17-18,22-26,37-41,45-47,49-50,53-54,58,60-62,65-66,68,73-74,87,89,93-95,102H,16,28-35,80H2,1-15H3,(H2,81,91)(H,82,100)(H,83,96)(H,84,98)(H,85,97)(H,86,101)/b18-17-,44-26+/t37-,38-,39?,40?,41?,45-,46?,47?,49-,50?,53?,54?,58?,60?,61?,62?,65?,66?,68?,73?,74?,78-/m0/s1. The van der Waals surface area contributed by atoms with Crippen LogP contribution < -0.4 is 57.7 Å². The van der Waals surface area contributed by atoms with Crippen LogP contribution >= 0.6 is 55.9 Å². The maximum atomic E-state index is 14.6. The van der Waals surface area contributed by atoms with Crippen molar-refractivity contribution in [3.8, 4) is 40.9 Å². The number of rotatable bonds is 33. The molecule has 8 rings (SSSR count). The van der Waals surface area contributed by atoms with Crippen LogP contribution in [0.15, 0.2) is 59.3 Å². The van der Waals surface area contributed by atoms with E-state index in [-0.39, 0.29) is 88.4 Å². The van der Waals surface area contributed by atoms with Gasteiger partial charge >= 0.3 is 12.2 Å². The summed E-state index contributed by atoms with van der Waals surface area (Å²) in [5.41, 5.74) is 12.4. The van der Waals surface area contributed by atoms with Crippen LogP contribution in [-0.4, -0.2) is 282 Å². The largest absolute Gasteiger partial charge is 0.492 e. The van der Waals surface area contributed by atoms with Crippen molar-refractivity contribution in [3.63, 3.8) is 0 Å². The third-order valence-corrected chi connectivity index (χ3v) is 25.6. The number of carbonyl (C=O) groups excluding carboxylic acids is 9. The highest BCUT2D eigenvalue weighted by atomic mass is 127. The van der Waals surface area contributed by atoms with Gasteiger partial charge in [0.1, 0.15) is 61.9 Å². The van der Waals surface area contributed by atoms with Crippen molar-refractivity contribution in [2.75, 3.05) is 66.3 Å². The van der Waals surface area contributed by atoms with E-state index in [9.17, 15) is 68.7 Å². The van der Waals surface area contributed by atoms with Crippen LogP contribution in [0.5, 0.6) is 17.2 Å². The van der Waals surface area contributed by atoms with Crippen molar-refractivity contribution in [2.45, 2.75) is 240 Å². The minimum absolute atomic E-state index is 0.0109. The first-order chi connectivity index (χ1) is 56.3. The average molecular weight is 1840 g/mol. The number of halogens is 1. The van der Waals surface area contributed by atoms with Gasteiger partial charge in [-0.2, -0.15) is 5.48 Å². The van der Waals surface area contributed by atoms with Crippen molar-refractivity contribution in [2.24, 2.45) is 11.5 Å². The number of amides is 7. The predicted octanol–water partition coefficient (Wildman–Crippen LogP) is 2.03. The first-order valence-corrected chi connectivity index (χ1v) is 42.3. The summed E-state index contributed by atoms with van der Waals surface area (Å²) in [5.74, 6) is 7.31. The number of anilines is 1. The second-order valence-electron chi connectivity index (χ2n) is 29.5. The zero-order chi connectivity index (χ0) is 87.7. The van der Waals surface area contributed by atoms with Gasteiger partial charge in [-0.25, -0.2) is 9.59 Å². The number of aliphatic hydroxyl groups excluding tert-OH is 4. The zero-order valence-corrected chi connectivity index (χ0v) is 73.0. The smallest absolute Gasteiger partial charge is 0.411 e. The Morgan fingerprint density at radius 1 is 0.807 bits per heavy atom. The Labute approximate surface area is 714 Å². The quantitative estimate of drug-likeness (QED) is 0.0160. The molecule has 2 bridgehead atoms. The highest BCUT2D eigenvalue weighted by molar-refractivity contribution is 14.1. The molecule has 0 spiro atoms. The number of nitrogens with one attached hydrogen (secondary N) is 6. The normalized spacial score (nSPS) is 29.4. The molecule has 2 aliphatic carbocycles. The van der Waals surface area contributed by atoms with Crippen LogP contribution in [0.2, 0.25) is 0 Å². The molecule has 2 aromatic carbocycles. The van der Waals surface area contributed by atoms with E-state index >= 15 is 0 Å². The fraction of sp³-hybridized carbons (Fsp3) is 0.603. The highest BCUT2D eigenvalue weighted by Gasteiger charge is 2.53. The number of aliphatic hydroxyl groups is 5. The van der Waals surface area contributed by atoms with Crippen molar-refractivity contribution in [3.05, 3.63) is 79.6 Å². The number of allylic oxidation sites excluding steroid dienone is 3. The predicted molar refractivity (Wildman–Crippen MR) is 440 cm³/mol. The number of ether oxygens (including phenoxy) is 13. The number of thioether (sulfide) groups is 1. The number of benzene rings is 2. The number of hydrogen-bond donors (Lipinski definition) is 13. The van der Waals surface area contributed by atoms with Gasteiger partial charge in [-0.1, -0.05) is 96.0 Å². The van der Waals surface area contributed by atoms with E-state index in [1.807, 2.05) is 43.4 Å². The number of carbonyl (C=O) groups is 9. The summed E-state index contributed by atoms with van der Waals surface area (Å²) in [4.78, 5) is 127. The third kappa shape index (κ3) is 25.2. The topological polar surface area (TPSA) is 511 Å². The minimum Gasteiger partial charge on any atom is -0.492 e. The summed E-state index contributed by atoms with van der Waals surface area (Å²) >= 11 is 2.75. The molecule has 41 heteroatoms. The van der Waals surface area contributed by atoms with E-state index in [0.717, 1.165) is 18.9 Å². The molecule has 4 saturated heterocycles. The number of nitrogens with zero attached hydrogens (tertiary/aromatic N) is 1. The van der Waals surface area contributed by atoms with Crippen LogP contribution in [0.3, 0.4) is 0 Å². The summed E-state index contributed by atoms with van der Waals surface area (Å²) in [6.45, 7) is 16.0. The first-order valence-electron chi connectivity index (χ1n) is 38.0. The maximum absolute atomic E-state index is 14.6. The van der Waals surface area contributed by atoms with Gasteiger partial charge in [-0.3, -0.25) is 43.7 Å². The van der Waals surface area contributed by atoms with Gasteiger partial charge in [0.2, 0.25) is 46.7 Å². The highest BCUT2D eigenvalue weighted by Crippen LogP contribution is 2.49. The summed E-state index contributed by atoms with van der Waals surface area (Å²) in [6.07, 6.45) is -18.3. The molecule has 7 amide bonds. The molecule has 119 heavy (non-hydrogen) atoms. The monoisotopic (exact) mass is 1840 g/mol. The van der Waals surface area contributed by atoms with Crippen LogP contribution in [0.1, 0.15) is 109 Å². The number of primary amides is 1. The van der Waals surface area contributed by atoms with Crippen LogP contribution in [-0.2, 0) is 87.6 Å². The molecule has 656 valence electrons. The van der Waals surface area contributed by atoms with E-state index in [0.29, 0.717) is 14.7 Å². The van der Waals surface area contributed by atoms with Gasteiger partial charge in [0, 0.05) is 60.9 Å². The van der Waals surface area contributed by atoms with Gasteiger partial charge < -0.3 is 125 Å². The van der Waals surface area contributed by atoms with Crippen LogP contribution in [0.4, 0.5) is 15.3 Å². The molecule has 17 unspecified atom stereocenters. The molecule has 37 nitrogen and oxygen atoms in total. The lowest BCUT2D eigenvalue weighted by Crippen LogP contribution is -2.65. The van der Waals surface area contributed by atoms with E-state index in [1.165, 1.54) is 94.4 Å². The van der Waals surface area contributed by atoms with Crippen molar-refractivity contribution < 1.29 is 135 Å². The molecule has 0 radical (unpaired) electrons. The lowest BCUT2D eigenvalue weighted by Gasteiger charge is -2.47. The lowest BCUT2D eigenvalue weighted by atomic mass is 9.75. The van der Waals surface area contributed by atoms with Gasteiger partial charge in [-0.05, 0) is 106 Å². The Balaban J connectivity index is 0.986. The lowest BCUT2D eigenvalue weighted by molar-refractivity contribution is -0.337. The molecule has 4 heterocycles. The maximum Gasteiger partial charge on any atom is 0.411 e. The third-order valence-electron chi connectivity index (χ3n) is 19.7. The van der Waals surface area contributed by atoms with E-state index in [1.54, 1.807) is 51.5 Å². The van der Waals surface area contributed by atoms with Gasteiger partial charge in [-0.15, -0.1) is 0 Å². The molecule has 15 N–H and O–H groups in total. The van der Waals surface area contributed by atoms with E-state index in [2.05, 4.69) is 55.7 Å². The number of fused-ring (bicyclic) bond motifs is 2. The van der Waals surface area contributed by atoms with Gasteiger partial charge in [0.15, 0.2) is 41.8 Å². The fourth-order valence-corrected chi connectivity index (χ4v) is 17.4. The molecule has 0 saturated carbocycles. The summed E-state index contributed by atoms with van der Waals surface area (Å²) < 4.78 is 78.6. The Bertz CT molecular complexity index is 4200. The molecule has 22 atom stereocenters. The number of hydrogen-bond acceptors (Lipinski definition) is 33. The van der Waals surface area contributed by atoms with Gasteiger partial charge in [0.05, 0.1) is 110 Å². The van der Waals surface area contributed by atoms with Crippen LogP contribution in [0.25, 0.3) is 0 Å². The van der Waals surface area contributed by atoms with E-state index < -0.39 is 205 Å². The van der Waals surface area contributed by atoms with Crippen molar-refractivity contribution in [1.82, 2.24) is 31.6 Å². The van der Waals surface area contributed by atoms with E-state index in [4.69, 9.17) is 77.9 Å². The Morgan fingerprint density at radius 3 is 2.13 bits per heavy atom. The molecule has 0 aromatic heterocycles. The first kappa shape index (κ1) is 97.0. The summed E-state index contributed by atoms with van der Waals surface area (Å²) in [7, 11) is 9.49. The molecular weight excluding hydrogens is 1730 g/mol. The number of ketones is 1. The average Bonchev–Trinajstić information content (AvgIpc) is 0.753. The fourth-order valence-electron chi connectivity index (χ4n) is 13.5. The second-order valence-corrected chi connectivity index (χ2v) is 34.9. The number of methoxy groups -OCH3 is 5. The molecule has 6 aliphatic rings. The second kappa shape index (κ2) is 44.0. The minimum atomic E-state index is -2.17. The molecular formula is C78H106IN9O28S3. The number of Topliss-reactive ketones (excluding diaryl/α,β-unsaturated/α-hetero) is 1. The van der Waals surface area contributed by atoms with Crippen molar-refractivity contribution >= 4 is 114 Å². The Morgan fingerprint density at radius 2 is 1.50 bits per heavy atom. The number of likely N-dealkylation sites (N-methyl/N-ethyl adjacent to an activating group) is 1. The zero-order valence-electron chi connectivity index (χ0n) is 68.4. The Hall–Kier alpha value is -7.45. The Kier molecular flexibility index (Phi) is 35.9. The SMILES string of the molecule is CCN(C(=O)CNC(=O)OCc1ccc(NC(=O)[C@H](CC(N)=O)NC(=O)[C@H](C)NC(=O)[C@H](C)N)cc1)C1COC(OC2C(O[C@H]3C#C/C=C\C#C[C@]4(O)CC(=O)C(NC(=O)OC)=C3/C4=C\CSSC(C)(C)C)OC(C)C(NOC3CC(O)C(SC(=O)c4c(C)c(I)c(OC5OC(C)C(O)C(OC)C5O)c(OC)c4OC)C(C)O3)C2O)CC1OC. The number of hydroxylamine groups is 1. The summed E-state index contributed by atoms with van der Waals surface area (Å²) in [6, 6.07) is 0.466. The molecule has 2 aromatic rings. The number of nitrogens with two attached hydrogens (primary N) is 2.